The van der Waals surface area contributed by atoms with Gasteiger partial charge in [0.15, 0.2) is 0 Å². The van der Waals surface area contributed by atoms with Gasteiger partial charge in [-0.1, -0.05) is 30.3 Å². The highest BCUT2D eigenvalue weighted by Crippen LogP contribution is 2.25. The van der Waals surface area contributed by atoms with Crippen LogP contribution in [0.5, 0.6) is 0 Å². The molecule has 1 aromatic carbocycles. The van der Waals surface area contributed by atoms with E-state index in [4.69, 9.17) is 9.84 Å². The number of nitrogens with zero attached hydrogens (tertiary/aromatic N) is 1. The van der Waals surface area contributed by atoms with Crippen LogP contribution in [0.25, 0.3) is 0 Å². The molecule has 1 fully saturated rings. The van der Waals surface area contributed by atoms with Gasteiger partial charge in [-0.3, -0.25) is 0 Å². The van der Waals surface area contributed by atoms with Crippen molar-refractivity contribution in [3.8, 4) is 0 Å². The number of hydrogen-bond donors (Lipinski definition) is 1. The summed E-state index contributed by atoms with van der Waals surface area (Å²) < 4.78 is 33.4. The van der Waals surface area contributed by atoms with Crippen molar-refractivity contribution >= 4 is 16.4 Å². The van der Waals surface area contributed by atoms with Crippen molar-refractivity contribution in [1.82, 2.24) is 4.31 Å². The van der Waals surface area contributed by atoms with Crippen LogP contribution in [0, 0.1) is 0 Å². The molecule has 0 radical (unpaired) electrons. The van der Waals surface area contributed by atoms with Gasteiger partial charge in [0, 0.05) is 0 Å². The topological polar surface area (TPSA) is 93.1 Å². The fourth-order valence-electron chi connectivity index (χ4n) is 1.97. The van der Waals surface area contributed by atoms with E-state index < -0.39 is 28.5 Å². The molecule has 0 spiro atoms. The fourth-order valence-corrected chi connectivity index (χ4v) is 3.33. The van der Waals surface area contributed by atoms with Crippen LogP contribution in [0.2, 0.25) is 0 Å². The predicted octanol–water partition coefficient (Wildman–Crippen LogP) is 1.22. The summed E-state index contributed by atoms with van der Waals surface area (Å²) in [6, 6.07) is 8.43. The summed E-state index contributed by atoms with van der Waals surface area (Å²) in [4.78, 5) is 11.0. The molecule has 110 valence electrons. The Balaban J connectivity index is 1.99. The number of carboxylic acid groups (broad SMARTS) is 1. The first-order valence-corrected chi connectivity index (χ1v) is 7.35. The monoisotopic (exact) mass is 301 g/mol. The summed E-state index contributed by atoms with van der Waals surface area (Å²) in [5.74, 6) is 0. The zero-order valence-electron chi connectivity index (χ0n) is 10.8. The molecule has 1 aromatic rings. The molecule has 1 aliphatic rings. The average molecular weight is 301 g/mol. The molecule has 1 heterocycles. The number of hydrogen-bond acceptors (Lipinski definition) is 5. The third-order valence-electron chi connectivity index (χ3n) is 2.95. The van der Waals surface area contributed by atoms with Crippen molar-refractivity contribution < 1.29 is 27.2 Å². The van der Waals surface area contributed by atoms with E-state index in [1.807, 2.05) is 30.3 Å². The summed E-state index contributed by atoms with van der Waals surface area (Å²) in [7, 11) is -4.23. The maximum Gasteiger partial charge on any atom is 0.423 e. The van der Waals surface area contributed by atoms with Crippen molar-refractivity contribution in [1.29, 1.82) is 0 Å². The molecule has 0 aliphatic carbocycles. The van der Waals surface area contributed by atoms with Crippen molar-refractivity contribution in [2.45, 2.75) is 25.7 Å². The van der Waals surface area contributed by atoms with Gasteiger partial charge in [-0.15, -0.1) is 0 Å². The highest BCUT2D eigenvalue weighted by atomic mass is 32.2. The van der Waals surface area contributed by atoms with Gasteiger partial charge >= 0.3 is 16.4 Å². The van der Waals surface area contributed by atoms with Crippen LogP contribution in [-0.2, 0) is 25.8 Å². The van der Waals surface area contributed by atoms with Crippen molar-refractivity contribution in [3.05, 3.63) is 35.9 Å². The Morgan fingerprint density at radius 3 is 2.65 bits per heavy atom. The van der Waals surface area contributed by atoms with E-state index >= 15 is 0 Å². The summed E-state index contributed by atoms with van der Waals surface area (Å²) in [5, 5.41) is 8.96. The Morgan fingerprint density at radius 1 is 1.40 bits per heavy atom. The van der Waals surface area contributed by atoms with Crippen LogP contribution >= 0.6 is 0 Å². The molecule has 2 rings (SSSR count). The Bertz CT molecular complexity index is 573. The van der Waals surface area contributed by atoms with Crippen molar-refractivity contribution in [2.75, 3.05) is 6.61 Å². The van der Waals surface area contributed by atoms with E-state index in [2.05, 4.69) is 4.18 Å². The second-order valence-corrected chi connectivity index (χ2v) is 5.85. The Kier molecular flexibility index (Phi) is 4.26. The molecule has 0 unspecified atom stereocenters. The van der Waals surface area contributed by atoms with Gasteiger partial charge < -0.3 is 9.84 Å². The molecule has 20 heavy (non-hydrogen) atoms. The summed E-state index contributed by atoms with van der Waals surface area (Å²) >= 11 is 0. The number of rotatable bonds is 4. The highest BCUT2D eigenvalue weighted by molar-refractivity contribution is 7.85. The van der Waals surface area contributed by atoms with Crippen LogP contribution in [0.3, 0.4) is 0 Å². The molecule has 1 saturated heterocycles. The van der Waals surface area contributed by atoms with E-state index in [0.717, 1.165) is 5.56 Å². The zero-order chi connectivity index (χ0) is 14.8. The Morgan fingerprint density at radius 2 is 2.05 bits per heavy atom. The van der Waals surface area contributed by atoms with E-state index in [1.165, 1.54) is 6.92 Å². The minimum Gasteiger partial charge on any atom is -0.464 e. The minimum atomic E-state index is -4.23. The van der Waals surface area contributed by atoms with E-state index in [9.17, 15) is 13.2 Å². The number of benzene rings is 1. The standard InChI is InChI=1S/C12H15NO6S/c1-9-11(13(12(14)15)20(16,17)19-9)8-18-7-10-5-3-2-4-6-10/h2-6,9,11H,7-8H2,1H3,(H,14,15)/t9-,11+/m0/s1. The molecule has 0 bridgehead atoms. The second kappa shape index (κ2) is 5.78. The lowest BCUT2D eigenvalue weighted by Crippen LogP contribution is -2.42. The van der Waals surface area contributed by atoms with Crippen LogP contribution in [0.4, 0.5) is 4.79 Å². The van der Waals surface area contributed by atoms with Crippen LogP contribution < -0.4 is 0 Å². The molecule has 0 aromatic heterocycles. The van der Waals surface area contributed by atoms with E-state index in [0.29, 0.717) is 4.31 Å². The van der Waals surface area contributed by atoms with Crippen molar-refractivity contribution in [3.63, 3.8) is 0 Å². The summed E-state index contributed by atoms with van der Waals surface area (Å²) in [6.45, 7) is 1.72. The van der Waals surface area contributed by atoms with Gasteiger partial charge in [0.05, 0.1) is 13.2 Å². The molecule has 2 atom stereocenters. The van der Waals surface area contributed by atoms with Crippen LogP contribution in [0.15, 0.2) is 30.3 Å². The van der Waals surface area contributed by atoms with Gasteiger partial charge in [-0.05, 0) is 12.5 Å². The number of amides is 1. The maximum atomic E-state index is 11.5. The largest absolute Gasteiger partial charge is 0.464 e. The van der Waals surface area contributed by atoms with Crippen LogP contribution in [-0.4, -0.2) is 42.7 Å². The first-order valence-electron chi connectivity index (χ1n) is 5.99. The highest BCUT2D eigenvalue weighted by Gasteiger charge is 2.47. The third-order valence-corrected chi connectivity index (χ3v) is 4.40. The van der Waals surface area contributed by atoms with Gasteiger partial charge in [-0.25, -0.2) is 8.98 Å². The quantitative estimate of drug-likeness (QED) is 0.898. The fraction of sp³-hybridized carbons (Fsp3) is 0.417. The van der Waals surface area contributed by atoms with Crippen molar-refractivity contribution in [2.24, 2.45) is 0 Å². The Labute approximate surface area is 117 Å². The summed E-state index contributed by atoms with van der Waals surface area (Å²) in [6.07, 6.45) is -2.34. The van der Waals surface area contributed by atoms with E-state index in [-0.39, 0.29) is 13.2 Å². The second-order valence-electron chi connectivity index (χ2n) is 4.41. The van der Waals surface area contributed by atoms with Crippen LogP contribution in [0.1, 0.15) is 12.5 Å². The molecular weight excluding hydrogens is 286 g/mol. The number of ether oxygens (including phenoxy) is 1. The lowest BCUT2D eigenvalue weighted by molar-refractivity contribution is 0.0585. The lowest BCUT2D eigenvalue weighted by atomic mass is 10.2. The van der Waals surface area contributed by atoms with Gasteiger partial charge in [0.1, 0.15) is 12.1 Å². The molecule has 8 heteroatoms. The lowest BCUT2D eigenvalue weighted by Gasteiger charge is -2.19. The first-order chi connectivity index (χ1) is 9.42. The van der Waals surface area contributed by atoms with Gasteiger partial charge in [0.2, 0.25) is 0 Å². The zero-order valence-corrected chi connectivity index (χ0v) is 11.6. The molecule has 0 saturated carbocycles. The number of carbonyl (C=O) groups is 1. The molecule has 1 amide bonds. The van der Waals surface area contributed by atoms with E-state index in [1.54, 1.807) is 0 Å². The first kappa shape index (κ1) is 14.8. The Hall–Kier alpha value is -1.64. The molecule has 7 nitrogen and oxygen atoms in total. The normalized spacial score (nSPS) is 24.8. The molecule has 1 N–H and O–H groups in total. The average Bonchev–Trinajstić information content (AvgIpc) is 2.60. The summed E-state index contributed by atoms with van der Waals surface area (Å²) in [5.41, 5.74) is 0.920. The molecule has 1 aliphatic heterocycles. The van der Waals surface area contributed by atoms with Gasteiger partial charge in [-0.2, -0.15) is 12.7 Å². The smallest absolute Gasteiger partial charge is 0.423 e. The maximum absolute atomic E-state index is 11.5. The molecular formula is C12H15NO6S. The minimum absolute atomic E-state index is 0.0540. The van der Waals surface area contributed by atoms with Gasteiger partial charge in [0.25, 0.3) is 0 Å². The predicted molar refractivity (Wildman–Crippen MR) is 69.2 cm³/mol. The third kappa shape index (κ3) is 3.09. The SMILES string of the molecule is C[C@@H]1OS(=O)(=O)N(C(=O)O)[C@@H]1COCc1ccccc1.